The molecule has 0 aliphatic carbocycles. The third-order valence-electron chi connectivity index (χ3n) is 2.66. The van der Waals surface area contributed by atoms with Crippen molar-refractivity contribution in [2.75, 3.05) is 0 Å². The van der Waals surface area contributed by atoms with Crippen molar-refractivity contribution >= 4 is 23.5 Å². The highest BCUT2D eigenvalue weighted by Gasteiger charge is 2.39. The SMILES string of the molecule is Cc1cc(Cl)ccc1OC(=O)CCC(=O)OC(C)C(F)(F)F. The predicted molar refractivity (Wildman–Crippen MR) is 72.7 cm³/mol. The van der Waals surface area contributed by atoms with Crippen LogP contribution in [0.3, 0.4) is 0 Å². The summed E-state index contributed by atoms with van der Waals surface area (Å²) in [7, 11) is 0. The monoisotopic (exact) mass is 338 g/mol. The first-order valence-corrected chi connectivity index (χ1v) is 6.70. The summed E-state index contributed by atoms with van der Waals surface area (Å²) in [6, 6.07) is 4.60. The van der Waals surface area contributed by atoms with E-state index < -0.39 is 30.6 Å². The molecule has 1 unspecified atom stereocenters. The molecule has 0 aliphatic rings. The van der Waals surface area contributed by atoms with Gasteiger partial charge in [-0.25, -0.2) is 0 Å². The van der Waals surface area contributed by atoms with Gasteiger partial charge in [-0.1, -0.05) is 11.6 Å². The molecule has 0 heterocycles. The lowest BCUT2D eigenvalue weighted by Gasteiger charge is -2.16. The summed E-state index contributed by atoms with van der Waals surface area (Å²) >= 11 is 5.75. The van der Waals surface area contributed by atoms with Crippen molar-refractivity contribution in [2.45, 2.75) is 39.0 Å². The van der Waals surface area contributed by atoms with Crippen LogP contribution >= 0.6 is 11.6 Å². The van der Waals surface area contributed by atoms with Crippen LogP contribution in [0.5, 0.6) is 5.75 Å². The molecule has 0 saturated heterocycles. The molecule has 0 bridgehead atoms. The Morgan fingerprint density at radius 2 is 1.82 bits per heavy atom. The number of alkyl halides is 3. The molecule has 4 nitrogen and oxygen atoms in total. The van der Waals surface area contributed by atoms with E-state index in [-0.39, 0.29) is 12.2 Å². The molecule has 0 N–H and O–H groups in total. The Balaban J connectivity index is 2.44. The van der Waals surface area contributed by atoms with Gasteiger partial charge in [-0.3, -0.25) is 9.59 Å². The minimum atomic E-state index is -4.63. The Bertz CT molecular complexity index is 558. The van der Waals surface area contributed by atoms with Crippen LogP contribution in [0.4, 0.5) is 13.2 Å². The van der Waals surface area contributed by atoms with E-state index in [9.17, 15) is 22.8 Å². The first kappa shape index (κ1) is 18.3. The van der Waals surface area contributed by atoms with Crippen LogP contribution < -0.4 is 4.74 Å². The van der Waals surface area contributed by atoms with E-state index in [1.165, 1.54) is 12.1 Å². The number of rotatable bonds is 5. The number of halogens is 4. The molecule has 0 spiro atoms. The fourth-order valence-electron chi connectivity index (χ4n) is 1.43. The summed E-state index contributed by atoms with van der Waals surface area (Å²) < 4.78 is 45.7. The van der Waals surface area contributed by atoms with Crippen LogP contribution in [0.25, 0.3) is 0 Å². The van der Waals surface area contributed by atoms with Crippen molar-refractivity contribution in [3.05, 3.63) is 28.8 Å². The van der Waals surface area contributed by atoms with Crippen LogP contribution in [0.1, 0.15) is 25.3 Å². The first-order chi connectivity index (χ1) is 10.1. The van der Waals surface area contributed by atoms with Gasteiger partial charge in [-0.15, -0.1) is 0 Å². The van der Waals surface area contributed by atoms with Crippen LogP contribution in [-0.4, -0.2) is 24.2 Å². The first-order valence-electron chi connectivity index (χ1n) is 6.32. The van der Waals surface area contributed by atoms with Crippen LogP contribution in [0.2, 0.25) is 5.02 Å². The highest BCUT2D eigenvalue weighted by atomic mass is 35.5. The zero-order valence-electron chi connectivity index (χ0n) is 11.9. The summed E-state index contributed by atoms with van der Waals surface area (Å²) in [4.78, 5) is 22.8. The predicted octanol–water partition coefficient (Wildman–Crippen LogP) is 3.83. The van der Waals surface area contributed by atoms with E-state index in [1.54, 1.807) is 13.0 Å². The number of aryl methyl sites for hydroxylation is 1. The van der Waals surface area contributed by atoms with Crippen LogP contribution in [-0.2, 0) is 14.3 Å². The lowest BCUT2D eigenvalue weighted by Crippen LogP contribution is -2.31. The second kappa shape index (κ2) is 7.49. The van der Waals surface area contributed by atoms with Crippen molar-refractivity contribution in [1.29, 1.82) is 0 Å². The molecule has 122 valence electrons. The van der Waals surface area contributed by atoms with Gasteiger partial charge in [0.25, 0.3) is 0 Å². The van der Waals surface area contributed by atoms with E-state index in [2.05, 4.69) is 4.74 Å². The zero-order chi connectivity index (χ0) is 16.9. The number of hydrogen-bond acceptors (Lipinski definition) is 4. The maximum absolute atomic E-state index is 12.2. The summed E-state index contributed by atoms with van der Waals surface area (Å²) in [5.74, 6) is -1.59. The van der Waals surface area contributed by atoms with E-state index in [0.29, 0.717) is 17.5 Å². The maximum Gasteiger partial charge on any atom is 0.425 e. The highest BCUT2D eigenvalue weighted by molar-refractivity contribution is 6.30. The molecule has 1 rings (SSSR count). The molecular weight excluding hydrogens is 325 g/mol. The molecule has 0 aliphatic heterocycles. The minimum Gasteiger partial charge on any atom is -0.453 e. The van der Waals surface area contributed by atoms with Gasteiger partial charge >= 0.3 is 18.1 Å². The van der Waals surface area contributed by atoms with E-state index in [4.69, 9.17) is 16.3 Å². The van der Waals surface area contributed by atoms with Gasteiger partial charge in [0, 0.05) is 5.02 Å². The second-order valence-corrected chi connectivity index (χ2v) is 4.99. The third-order valence-corrected chi connectivity index (χ3v) is 2.90. The largest absolute Gasteiger partial charge is 0.453 e. The van der Waals surface area contributed by atoms with Gasteiger partial charge in [0.15, 0.2) is 6.10 Å². The molecular formula is C14H14ClF3O4. The Hall–Kier alpha value is -1.76. The quantitative estimate of drug-likeness (QED) is 0.605. The number of esters is 2. The van der Waals surface area contributed by atoms with Crippen LogP contribution in [0.15, 0.2) is 18.2 Å². The second-order valence-electron chi connectivity index (χ2n) is 4.56. The molecule has 22 heavy (non-hydrogen) atoms. The zero-order valence-corrected chi connectivity index (χ0v) is 12.6. The smallest absolute Gasteiger partial charge is 0.425 e. The fourth-order valence-corrected chi connectivity index (χ4v) is 1.65. The minimum absolute atomic E-state index is 0.270. The summed E-state index contributed by atoms with van der Waals surface area (Å²) in [6.07, 6.45) is -7.72. The topological polar surface area (TPSA) is 52.6 Å². The Morgan fingerprint density at radius 1 is 1.23 bits per heavy atom. The highest BCUT2D eigenvalue weighted by Crippen LogP contribution is 2.24. The molecule has 0 amide bonds. The van der Waals surface area contributed by atoms with Crippen LogP contribution in [0, 0.1) is 6.92 Å². The molecule has 8 heteroatoms. The normalized spacial score (nSPS) is 12.6. The molecule has 0 fully saturated rings. The molecule has 0 saturated carbocycles. The molecule has 1 aromatic rings. The van der Waals surface area contributed by atoms with Crippen molar-refractivity contribution in [3.8, 4) is 5.75 Å². The number of carbonyl (C=O) groups is 2. The molecule has 1 atom stereocenters. The van der Waals surface area contributed by atoms with Gasteiger partial charge in [0.1, 0.15) is 5.75 Å². The van der Waals surface area contributed by atoms with Crippen molar-refractivity contribution in [3.63, 3.8) is 0 Å². The lowest BCUT2D eigenvalue weighted by molar-refractivity contribution is -0.216. The van der Waals surface area contributed by atoms with Crippen molar-refractivity contribution < 1.29 is 32.2 Å². The van der Waals surface area contributed by atoms with Crippen molar-refractivity contribution in [1.82, 2.24) is 0 Å². The average molecular weight is 339 g/mol. The summed E-state index contributed by atoms with van der Waals surface area (Å²) in [5.41, 5.74) is 0.620. The van der Waals surface area contributed by atoms with Gasteiger partial charge in [0.2, 0.25) is 0 Å². The molecule has 0 radical (unpaired) electrons. The van der Waals surface area contributed by atoms with Gasteiger partial charge < -0.3 is 9.47 Å². The summed E-state index contributed by atoms with van der Waals surface area (Å²) in [5, 5.41) is 0.474. The Morgan fingerprint density at radius 3 is 2.36 bits per heavy atom. The number of carbonyl (C=O) groups excluding carboxylic acids is 2. The van der Waals surface area contributed by atoms with Gasteiger partial charge in [-0.05, 0) is 37.6 Å². The molecule has 0 aromatic heterocycles. The van der Waals surface area contributed by atoms with E-state index in [0.717, 1.165) is 0 Å². The standard InChI is InChI=1S/C14H14ClF3O4/c1-8-7-10(15)3-4-11(8)22-13(20)6-5-12(19)21-9(2)14(16,17)18/h3-4,7,9H,5-6H2,1-2H3. The van der Waals surface area contributed by atoms with Gasteiger partial charge in [-0.2, -0.15) is 13.2 Å². The maximum atomic E-state index is 12.2. The Labute approximate surface area is 130 Å². The van der Waals surface area contributed by atoms with Gasteiger partial charge in [0.05, 0.1) is 12.8 Å². The summed E-state index contributed by atoms with van der Waals surface area (Å²) in [6.45, 7) is 2.39. The fraction of sp³-hybridized carbons (Fsp3) is 0.429. The Kier molecular flexibility index (Phi) is 6.22. The van der Waals surface area contributed by atoms with Crippen molar-refractivity contribution in [2.24, 2.45) is 0 Å². The third kappa shape index (κ3) is 5.93. The average Bonchev–Trinajstić information content (AvgIpc) is 2.38. The number of ether oxygens (including phenoxy) is 2. The van der Waals surface area contributed by atoms with E-state index >= 15 is 0 Å². The number of hydrogen-bond donors (Lipinski definition) is 0. The number of benzene rings is 1. The molecule has 1 aromatic carbocycles. The van der Waals surface area contributed by atoms with E-state index in [1.807, 2.05) is 0 Å². The lowest BCUT2D eigenvalue weighted by atomic mass is 10.2.